The van der Waals surface area contributed by atoms with E-state index in [0.29, 0.717) is 49.0 Å². The second-order valence-electron chi connectivity index (χ2n) is 5.88. The van der Waals surface area contributed by atoms with E-state index in [9.17, 15) is 14.4 Å². The minimum absolute atomic E-state index is 0.0317. The van der Waals surface area contributed by atoms with Gasteiger partial charge in [-0.15, -0.1) is 0 Å². The molecule has 1 amide bonds. The fraction of sp³-hybridized carbons (Fsp3) is 0.250. The van der Waals surface area contributed by atoms with Crippen LogP contribution in [0, 0.1) is 0 Å². The monoisotopic (exact) mass is 321 g/mol. The van der Waals surface area contributed by atoms with E-state index in [1.807, 2.05) is 30.3 Å². The minimum atomic E-state index is -0.0317. The van der Waals surface area contributed by atoms with Crippen LogP contribution in [-0.2, 0) is 4.79 Å². The van der Waals surface area contributed by atoms with Gasteiger partial charge in [0.25, 0.3) is 0 Å². The molecular weight excluding hydrogens is 302 g/mol. The molecule has 3 rings (SSSR count). The van der Waals surface area contributed by atoms with Gasteiger partial charge in [0.2, 0.25) is 5.91 Å². The van der Waals surface area contributed by atoms with E-state index in [1.54, 1.807) is 29.2 Å². The summed E-state index contributed by atoms with van der Waals surface area (Å²) in [6.07, 6.45) is 1.52. The van der Waals surface area contributed by atoms with Crippen molar-refractivity contribution in [1.29, 1.82) is 0 Å². The van der Waals surface area contributed by atoms with Crippen molar-refractivity contribution in [3.8, 4) is 0 Å². The lowest BCUT2D eigenvalue weighted by molar-refractivity contribution is -0.118. The first-order valence-corrected chi connectivity index (χ1v) is 8.17. The van der Waals surface area contributed by atoms with Crippen molar-refractivity contribution in [2.75, 3.05) is 11.4 Å². The number of fused-ring (bicyclic) bond motifs is 1. The van der Waals surface area contributed by atoms with Gasteiger partial charge in [-0.1, -0.05) is 42.5 Å². The Balaban J connectivity index is 1.59. The molecule has 0 atom stereocenters. The number of rotatable bonds is 5. The SMILES string of the molecule is O=C(CCCC(=O)N1CCC(=O)c2ccccc21)c1ccccc1. The van der Waals surface area contributed by atoms with Crippen LogP contribution >= 0.6 is 0 Å². The van der Waals surface area contributed by atoms with E-state index >= 15 is 0 Å². The molecular formula is C20H19NO3. The topological polar surface area (TPSA) is 54.5 Å². The summed E-state index contributed by atoms with van der Waals surface area (Å²) in [6.45, 7) is 0.418. The van der Waals surface area contributed by atoms with Crippen LogP contribution in [-0.4, -0.2) is 24.0 Å². The predicted molar refractivity (Wildman–Crippen MR) is 92.4 cm³/mol. The van der Waals surface area contributed by atoms with Crippen molar-refractivity contribution in [2.24, 2.45) is 0 Å². The molecule has 0 unspecified atom stereocenters. The third-order valence-electron chi connectivity index (χ3n) is 4.25. The van der Waals surface area contributed by atoms with Gasteiger partial charge in [0, 0.05) is 36.9 Å². The smallest absolute Gasteiger partial charge is 0.227 e. The van der Waals surface area contributed by atoms with E-state index in [2.05, 4.69) is 0 Å². The third kappa shape index (κ3) is 3.43. The number of hydrogen-bond acceptors (Lipinski definition) is 3. The van der Waals surface area contributed by atoms with E-state index in [4.69, 9.17) is 0 Å². The van der Waals surface area contributed by atoms with Crippen LogP contribution in [0.1, 0.15) is 46.4 Å². The summed E-state index contributed by atoms with van der Waals surface area (Å²) < 4.78 is 0. The quantitative estimate of drug-likeness (QED) is 0.790. The highest BCUT2D eigenvalue weighted by atomic mass is 16.2. The highest BCUT2D eigenvalue weighted by molar-refractivity contribution is 6.08. The average Bonchev–Trinajstić information content (AvgIpc) is 2.63. The average molecular weight is 321 g/mol. The number of hydrogen-bond donors (Lipinski definition) is 0. The molecule has 24 heavy (non-hydrogen) atoms. The number of ketones is 2. The summed E-state index contributed by atoms with van der Waals surface area (Å²) in [6, 6.07) is 16.3. The van der Waals surface area contributed by atoms with Crippen molar-refractivity contribution >= 4 is 23.2 Å². The number of Topliss-reactive ketones (excluding diaryl/α,β-unsaturated/α-hetero) is 2. The molecule has 122 valence electrons. The highest BCUT2D eigenvalue weighted by Crippen LogP contribution is 2.27. The summed E-state index contributed by atoms with van der Waals surface area (Å²) in [4.78, 5) is 38.2. The lowest BCUT2D eigenvalue weighted by Crippen LogP contribution is -2.37. The van der Waals surface area contributed by atoms with Gasteiger partial charge < -0.3 is 4.90 Å². The van der Waals surface area contributed by atoms with Crippen LogP contribution < -0.4 is 4.90 Å². The molecule has 0 aliphatic carbocycles. The lowest BCUT2D eigenvalue weighted by atomic mass is 9.99. The molecule has 0 bridgehead atoms. The summed E-state index contributed by atoms with van der Waals surface area (Å²) in [5, 5.41) is 0. The standard InChI is InChI=1S/C20H19NO3/c22-18(15-7-2-1-3-8-15)11-6-12-20(24)21-14-13-19(23)16-9-4-5-10-17(16)21/h1-5,7-10H,6,11-14H2. The molecule has 0 saturated heterocycles. The normalized spacial score (nSPS) is 13.5. The molecule has 4 heteroatoms. The Hall–Kier alpha value is -2.75. The zero-order valence-electron chi connectivity index (χ0n) is 13.4. The second-order valence-corrected chi connectivity index (χ2v) is 5.88. The van der Waals surface area contributed by atoms with Gasteiger partial charge in [0.1, 0.15) is 0 Å². The highest BCUT2D eigenvalue weighted by Gasteiger charge is 2.26. The van der Waals surface area contributed by atoms with Crippen molar-refractivity contribution in [3.05, 3.63) is 65.7 Å². The fourth-order valence-electron chi connectivity index (χ4n) is 2.98. The Morgan fingerprint density at radius 2 is 1.62 bits per heavy atom. The van der Waals surface area contributed by atoms with Crippen LogP contribution in [0.5, 0.6) is 0 Å². The Labute approximate surface area is 141 Å². The van der Waals surface area contributed by atoms with Crippen molar-refractivity contribution in [2.45, 2.75) is 25.7 Å². The molecule has 0 radical (unpaired) electrons. The molecule has 0 fully saturated rings. The van der Waals surface area contributed by atoms with Gasteiger partial charge in [-0.2, -0.15) is 0 Å². The van der Waals surface area contributed by atoms with E-state index in [0.717, 1.165) is 0 Å². The first-order valence-electron chi connectivity index (χ1n) is 8.17. The molecule has 0 aromatic heterocycles. The van der Waals surface area contributed by atoms with Crippen molar-refractivity contribution < 1.29 is 14.4 Å². The number of nitrogens with zero attached hydrogens (tertiary/aromatic N) is 1. The maximum absolute atomic E-state index is 12.5. The summed E-state index contributed by atoms with van der Waals surface area (Å²) in [7, 11) is 0. The molecule has 1 aliphatic heterocycles. The predicted octanol–water partition coefficient (Wildman–Crippen LogP) is 3.66. The molecule has 1 aliphatic rings. The Bertz CT molecular complexity index is 767. The number of carbonyl (C=O) groups is 3. The number of carbonyl (C=O) groups excluding carboxylic acids is 3. The number of anilines is 1. The number of benzene rings is 2. The maximum atomic E-state index is 12.5. The fourth-order valence-corrected chi connectivity index (χ4v) is 2.98. The first kappa shape index (κ1) is 16.1. The van der Waals surface area contributed by atoms with Crippen LogP contribution in [0.15, 0.2) is 54.6 Å². The summed E-state index contributed by atoms with van der Waals surface area (Å²) in [5.41, 5.74) is 1.98. The Kier molecular flexibility index (Phi) is 4.85. The van der Waals surface area contributed by atoms with Gasteiger partial charge in [-0.05, 0) is 18.6 Å². The Morgan fingerprint density at radius 1 is 0.917 bits per heavy atom. The first-order chi connectivity index (χ1) is 11.7. The molecule has 2 aromatic carbocycles. The van der Waals surface area contributed by atoms with Gasteiger partial charge in [-0.3, -0.25) is 14.4 Å². The van der Waals surface area contributed by atoms with Crippen LogP contribution in [0.25, 0.3) is 0 Å². The maximum Gasteiger partial charge on any atom is 0.227 e. The largest absolute Gasteiger partial charge is 0.311 e. The van der Waals surface area contributed by atoms with Crippen LogP contribution in [0.2, 0.25) is 0 Å². The van der Waals surface area contributed by atoms with E-state index in [1.165, 1.54) is 0 Å². The van der Waals surface area contributed by atoms with Gasteiger partial charge >= 0.3 is 0 Å². The summed E-state index contributed by atoms with van der Waals surface area (Å²) >= 11 is 0. The van der Waals surface area contributed by atoms with Crippen LogP contribution in [0.3, 0.4) is 0 Å². The Morgan fingerprint density at radius 3 is 2.42 bits per heavy atom. The molecule has 0 spiro atoms. The van der Waals surface area contributed by atoms with E-state index < -0.39 is 0 Å². The third-order valence-corrected chi connectivity index (χ3v) is 4.25. The number of amides is 1. The van der Waals surface area contributed by atoms with Crippen LogP contribution in [0.4, 0.5) is 5.69 Å². The zero-order valence-corrected chi connectivity index (χ0v) is 13.4. The molecule has 0 saturated carbocycles. The van der Waals surface area contributed by atoms with Crippen molar-refractivity contribution in [3.63, 3.8) is 0 Å². The summed E-state index contributed by atoms with van der Waals surface area (Å²) in [5.74, 6) is 0.0994. The number of para-hydroxylation sites is 1. The van der Waals surface area contributed by atoms with E-state index in [-0.39, 0.29) is 17.5 Å². The molecule has 2 aromatic rings. The molecule has 0 N–H and O–H groups in total. The molecule has 1 heterocycles. The zero-order chi connectivity index (χ0) is 16.9. The van der Waals surface area contributed by atoms with Gasteiger partial charge in [-0.25, -0.2) is 0 Å². The molecule has 4 nitrogen and oxygen atoms in total. The minimum Gasteiger partial charge on any atom is -0.311 e. The van der Waals surface area contributed by atoms with Gasteiger partial charge in [0.15, 0.2) is 11.6 Å². The van der Waals surface area contributed by atoms with Gasteiger partial charge in [0.05, 0.1) is 5.69 Å². The lowest BCUT2D eigenvalue weighted by Gasteiger charge is -2.28. The second kappa shape index (κ2) is 7.21. The van der Waals surface area contributed by atoms with Crippen molar-refractivity contribution in [1.82, 2.24) is 0 Å².